The highest BCUT2D eigenvalue weighted by Gasteiger charge is 2.15. The van der Waals surface area contributed by atoms with E-state index in [0.29, 0.717) is 10.6 Å². The van der Waals surface area contributed by atoms with Crippen LogP contribution >= 0.6 is 11.6 Å². The standard InChI is InChI=1S/C19H14ClNO2/c1-21-17(13-5-3-2-4-6-13)12-11-16(19(21)23)18(22)14-7-9-15(20)10-8-14/h2-12H,1H3. The van der Waals surface area contributed by atoms with Gasteiger partial charge in [-0.3, -0.25) is 9.59 Å². The maximum absolute atomic E-state index is 12.6. The molecule has 0 saturated carbocycles. The monoisotopic (exact) mass is 323 g/mol. The maximum Gasteiger partial charge on any atom is 0.262 e. The molecule has 0 amide bonds. The van der Waals surface area contributed by atoms with Gasteiger partial charge in [0.25, 0.3) is 5.56 Å². The van der Waals surface area contributed by atoms with Crippen LogP contribution in [0.2, 0.25) is 5.02 Å². The first-order valence-corrected chi connectivity index (χ1v) is 7.51. The molecule has 1 heterocycles. The molecule has 0 N–H and O–H groups in total. The summed E-state index contributed by atoms with van der Waals surface area (Å²) in [6.45, 7) is 0. The van der Waals surface area contributed by atoms with Gasteiger partial charge in [0, 0.05) is 17.6 Å². The van der Waals surface area contributed by atoms with Crippen LogP contribution in [-0.4, -0.2) is 10.4 Å². The molecule has 0 aliphatic heterocycles. The van der Waals surface area contributed by atoms with Crippen LogP contribution in [0.1, 0.15) is 15.9 Å². The molecule has 3 nitrogen and oxygen atoms in total. The molecule has 2 aromatic carbocycles. The maximum atomic E-state index is 12.6. The van der Waals surface area contributed by atoms with Gasteiger partial charge in [0.2, 0.25) is 0 Å². The van der Waals surface area contributed by atoms with E-state index in [9.17, 15) is 9.59 Å². The van der Waals surface area contributed by atoms with Crippen molar-refractivity contribution in [3.05, 3.63) is 93.2 Å². The first-order valence-electron chi connectivity index (χ1n) is 7.13. The Kier molecular flexibility index (Phi) is 4.13. The molecule has 4 heteroatoms. The fourth-order valence-corrected chi connectivity index (χ4v) is 2.59. The molecular formula is C19H14ClNO2. The molecule has 3 aromatic rings. The molecule has 0 bridgehead atoms. The van der Waals surface area contributed by atoms with Gasteiger partial charge in [-0.25, -0.2) is 0 Å². The molecule has 3 rings (SSSR count). The summed E-state index contributed by atoms with van der Waals surface area (Å²) in [5, 5.41) is 0.550. The number of carbonyl (C=O) groups is 1. The smallest absolute Gasteiger partial charge is 0.262 e. The summed E-state index contributed by atoms with van der Waals surface area (Å²) in [5.41, 5.74) is 1.97. The lowest BCUT2D eigenvalue weighted by Gasteiger charge is -2.10. The van der Waals surface area contributed by atoms with E-state index in [4.69, 9.17) is 11.6 Å². The summed E-state index contributed by atoms with van der Waals surface area (Å²) < 4.78 is 1.50. The molecule has 114 valence electrons. The van der Waals surface area contributed by atoms with Gasteiger partial charge in [-0.1, -0.05) is 41.9 Å². The largest absolute Gasteiger partial charge is 0.311 e. The number of benzene rings is 2. The van der Waals surface area contributed by atoms with Gasteiger partial charge >= 0.3 is 0 Å². The Hall–Kier alpha value is -2.65. The zero-order valence-corrected chi connectivity index (χ0v) is 13.2. The van der Waals surface area contributed by atoms with Gasteiger partial charge in [-0.15, -0.1) is 0 Å². The Morgan fingerprint density at radius 3 is 2.22 bits per heavy atom. The highest BCUT2D eigenvalue weighted by molar-refractivity contribution is 6.30. The number of ketones is 1. The van der Waals surface area contributed by atoms with Gasteiger partial charge in [-0.05, 0) is 42.0 Å². The number of nitrogens with zero attached hydrogens (tertiary/aromatic N) is 1. The summed E-state index contributed by atoms with van der Waals surface area (Å²) >= 11 is 5.83. The molecule has 0 aliphatic carbocycles. The average Bonchev–Trinajstić information content (AvgIpc) is 2.58. The SMILES string of the molecule is Cn1c(-c2ccccc2)ccc(C(=O)c2ccc(Cl)cc2)c1=O. The number of aromatic nitrogens is 1. The van der Waals surface area contributed by atoms with Crippen molar-refractivity contribution in [3.63, 3.8) is 0 Å². The third kappa shape index (κ3) is 2.96. The van der Waals surface area contributed by atoms with Crippen molar-refractivity contribution in [2.24, 2.45) is 7.05 Å². The van der Waals surface area contributed by atoms with Crippen LogP contribution < -0.4 is 5.56 Å². The Morgan fingerprint density at radius 1 is 0.913 bits per heavy atom. The lowest BCUT2D eigenvalue weighted by atomic mass is 10.0. The minimum absolute atomic E-state index is 0.148. The van der Waals surface area contributed by atoms with E-state index >= 15 is 0 Å². The third-order valence-electron chi connectivity index (χ3n) is 3.72. The predicted octanol–water partition coefficient (Wildman–Crippen LogP) is 3.94. The Labute approximate surface area is 138 Å². The van der Waals surface area contributed by atoms with E-state index in [1.165, 1.54) is 4.57 Å². The molecule has 1 aromatic heterocycles. The summed E-state index contributed by atoms with van der Waals surface area (Å²) in [6.07, 6.45) is 0. The number of rotatable bonds is 3. The van der Waals surface area contributed by atoms with E-state index in [1.807, 2.05) is 30.3 Å². The first kappa shape index (κ1) is 15.3. The lowest BCUT2D eigenvalue weighted by molar-refractivity contribution is 0.103. The van der Waals surface area contributed by atoms with Crippen molar-refractivity contribution < 1.29 is 4.79 Å². The van der Waals surface area contributed by atoms with E-state index in [0.717, 1.165) is 11.3 Å². The number of hydrogen-bond donors (Lipinski definition) is 0. The summed E-state index contributed by atoms with van der Waals surface area (Å²) in [5.74, 6) is -0.304. The molecule has 0 radical (unpaired) electrons. The van der Waals surface area contributed by atoms with Gasteiger partial charge < -0.3 is 4.57 Å². The average molecular weight is 324 g/mol. The Morgan fingerprint density at radius 2 is 1.57 bits per heavy atom. The predicted molar refractivity (Wildman–Crippen MR) is 92.0 cm³/mol. The molecule has 0 unspecified atom stereocenters. The van der Waals surface area contributed by atoms with Crippen LogP contribution in [0.15, 0.2) is 71.5 Å². The van der Waals surface area contributed by atoms with E-state index in [1.54, 1.807) is 43.4 Å². The molecular weight excluding hydrogens is 310 g/mol. The van der Waals surface area contributed by atoms with Crippen molar-refractivity contribution >= 4 is 17.4 Å². The third-order valence-corrected chi connectivity index (χ3v) is 3.98. The second-order valence-corrected chi connectivity index (χ2v) is 5.63. The second-order valence-electron chi connectivity index (χ2n) is 5.20. The Balaban J connectivity index is 2.06. The zero-order valence-electron chi connectivity index (χ0n) is 12.5. The molecule has 23 heavy (non-hydrogen) atoms. The van der Waals surface area contributed by atoms with Crippen molar-refractivity contribution in [2.75, 3.05) is 0 Å². The molecule has 0 aliphatic rings. The van der Waals surface area contributed by atoms with Crippen LogP contribution in [0.5, 0.6) is 0 Å². The zero-order chi connectivity index (χ0) is 16.4. The highest BCUT2D eigenvalue weighted by atomic mass is 35.5. The molecule has 0 saturated heterocycles. The second kappa shape index (κ2) is 6.23. The van der Waals surface area contributed by atoms with Crippen molar-refractivity contribution in [1.29, 1.82) is 0 Å². The van der Waals surface area contributed by atoms with Crippen LogP contribution in [0, 0.1) is 0 Å². The fraction of sp³-hybridized carbons (Fsp3) is 0.0526. The van der Waals surface area contributed by atoms with Gasteiger partial charge in [0.05, 0.1) is 11.3 Å². The van der Waals surface area contributed by atoms with E-state index in [2.05, 4.69) is 0 Å². The molecule has 0 fully saturated rings. The number of halogens is 1. The minimum atomic E-state index is -0.314. The topological polar surface area (TPSA) is 39.1 Å². The summed E-state index contributed by atoms with van der Waals surface area (Å²) in [6, 6.07) is 19.5. The van der Waals surface area contributed by atoms with Gasteiger partial charge in [-0.2, -0.15) is 0 Å². The summed E-state index contributed by atoms with van der Waals surface area (Å²) in [7, 11) is 1.67. The van der Waals surface area contributed by atoms with Crippen LogP contribution in [0.3, 0.4) is 0 Å². The van der Waals surface area contributed by atoms with Crippen molar-refractivity contribution in [1.82, 2.24) is 4.57 Å². The first-order chi connectivity index (χ1) is 11.1. The minimum Gasteiger partial charge on any atom is -0.311 e. The Bertz CT molecular complexity index is 912. The quantitative estimate of drug-likeness (QED) is 0.685. The molecule has 0 atom stereocenters. The fourth-order valence-electron chi connectivity index (χ4n) is 2.46. The highest BCUT2D eigenvalue weighted by Crippen LogP contribution is 2.18. The number of carbonyl (C=O) groups excluding carboxylic acids is 1. The number of pyridine rings is 1. The van der Waals surface area contributed by atoms with Gasteiger partial charge in [0.15, 0.2) is 5.78 Å². The van der Waals surface area contributed by atoms with Crippen LogP contribution in [0.25, 0.3) is 11.3 Å². The van der Waals surface area contributed by atoms with Gasteiger partial charge in [0.1, 0.15) is 0 Å². The van der Waals surface area contributed by atoms with Crippen LogP contribution in [-0.2, 0) is 7.05 Å². The number of hydrogen-bond acceptors (Lipinski definition) is 2. The van der Waals surface area contributed by atoms with Crippen molar-refractivity contribution in [3.8, 4) is 11.3 Å². The van der Waals surface area contributed by atoms with E-state index < -0.39 is 0 Å². The van der Waals surface area contributed by atoms with E-state index in [-0.39, 0.29) is 16.9 Å². The van der Waals surface area contributed by atoms with Crippen molar-refractivity contribution in [2.45, 2.75) is 0 Å². The lowest BCUT2D eigenvalue weighted by Crippen LogP contribution is -2.25. The molecule has 0 spiro atoms. The summed E-state index contributed by atoms with van der Waals surface area (Å²) in [4.78, 5) is 25.1. The normalized spacial score (nSPS) is 10.5. The van der Waals surface area contributed by atoms with Crippen LogP contribution in [0.4, 0.5) is 0 Å².